The SMILES string of the molecule is COC(=O)CCCCCCCNc1nc(N(C)c2ccc(OC)cc2)c2ccccc2n1. The van der Waals surface area contributed by atoms with Crippen LogP contribution in [0.25, 0.3) is 10.9 Å². The van der Waals surface area contributed by atoms with Gasteiger partial charge in [-0.3, -0.25) is 4.79 Å². The predicted octanol–water partition coefficient (Wildman–Crippen LogP) is 5.33. The summed E-state index contributed by atoms with van der Waals surface area (Å²) in [5.41, 5.74) is 1.93. The van der Waals surface area contributed by atoms with Crippen molar-refractivity contribution in [3.8, 4) is 5.75 Å². The van der Waals surface area contributed by atoms with Gasteiger partial charge in [-0.15, -0.1) is 0 Å². The van der Waals surface area contributed by atoms with E-state index in [2.05, 4.69) is 15.0 Å². The molecule has 0 bridgehead atoms. The topological polar surface area (TPSA) is 76.6 Å². The number of carbonyl (C=O) groups excluding carboxylic acids is 1. The van der Waals surface area contributed by atoms with Crippen LogP contribution in [0.4, 0.5) is 17.5 Å². The van der Waals surface area contributed by atoms with Crippen molar-refractivity contribution in [3.05, 3.63) is 48.5 Å². The Labute approximate surface area is 189 Å². The number of esters is 1. The third kappa shape index (κ3) is 6.33. The van der Waals surface area contributed by atoms with Crippen LogP contribution < -0.4 is 15.0 Å². The second kappa shape index (κ2) is 11.9. The molecule has 1 N–H and O–H groups in total. The van der Waals surface area contributed by atoms with E-state index in [9.17, 15) is 4.79 Å². The lowest BCUT2D eigenvalue weighted by Crippen LogP contribution is -2.14. The molecule has 0 unspecified atom stereocenters. The number of nitrogens with zero attached hydrogens (tertiary/aromatic N) is 3. The molecule has 0 amide bonds. The highest BCUT2D eigenvalue weighted by Gasteiger charge is 2.13. The van der Waals surface area contributed by atoms with Gasteiger partial charge in [-0.05, 0) is 49.2 Å². The van der Waals surface area contributed by atoms with E-state index in [4.69, 9.17) is 14.7 Å². The lowest BCUT2D eigenvalue weighted by Gasteiger charge is -2.21. The molecule has 2 aromatic carbocycles. The third-order valence-electron chi connectivity index (χ3n) is 5.43. The Bertz CT molecular complexity index is 1010. The number of rotatable bonds is 12. The van der Waals surface area contributed by atoms with Crippen LogP contribution in [0, 0.1) is 0 Å². The molecule has 0 atom stereocenters. The number of carbonyl (C=O) groups is 1. The number of hydrogen-bond donors (Lipinski definition) is 1. The molecule has 3 rings (SSSR count). The largest absolute Gasteiger partial charge is 0.497 e. The molecule has 0 saturated heterocycles. The molecule has 0 spiro atoms. The summed E-state index contributed by atoms with van der Waals surface area (Å²) in [7, 11) is 5.11. The summed E-state index contributed by atoms with van der Waals surface area (Å²) in [6, 6.07) is 16.0. The lowest BCUT2D eigenvalue weighted by atomic mass is 10.1. The fraction of sp³-hybridized carbons (Fsp3) is 0.400. The molecule has 0 aliphatic carbocycles. The monoisotopic (exact) mass is 436 g/mol. The summed E-state index contributed by atoms with van der Waals surface area (Å²) >= 11 is 0. The number of aromatic nitrogens is 2. The predicted molar refractivity (Wildman–Crippen MR) is 129 cm³/mol. The van der Waals surface area contributed by atoms with E-state index in [1.54, 1.807) is 7.11 Å². The van der Waals surface area contributed by atoms with E-state index in [0.717, 1.165) is 66.8 Å². The highest BCUT2D eigenvalue weighted by atomic mass is 16.5. The van der Waals surface area contributed by atoms with Crippen molar-refractivity contribution < 1.29 is 14.3 Å². The summed E-state index contributed by atoms with van der Waals surface area (Å²) in [4.78, 5) is 22.7. The zero-order chi connectivity index (χ0) is 22.8. The number of hydrogen-bond acceptors (Lipinski definition) is 7. The first-order valence-electron chi connectivity index (χ1n) is 11.1. The minimum absolute atomic E-state index is 0.129. The third-order valence-corrected chi connectivity index (χ3v) is 5.43. The fourth-order valence-corrected chi connectivity index (χ4v) is 3.55. The molecular formula is C25H32N4O3. The molecule has 0 aliphatic heterocycles. The number of methoxy groups -OCH3 is 2. The smallest absolute Gasteiger partial charge is 0.305 e. The molecular weight excluding hydrogens is 404 g/mol. The average molecular weight is 437 g/mol. The highest BCUT2D eigenvalue weighted by Crippen LogP contribution is 2.30. The molecule has 0 fully saturated rings. The van der Waals surface area contributed by atoms with Crippen molar-refractivity contribution in [3.63, 3.8) is 0 Å². The standard InChI is InChI=1S/C25H32N4O3/c1-29(19-14-16-20(31-2)17-15-19)24-21-11-8-9-12-22(21)27-25(28-24)26-18-10-6-4-5-7-13-23(30)32-3/h8-9,11-12,14-17H,4-7,10,13,18H2,1-3H3,(H,26,27,28). The van der Waals surface area contributed by atoms with E-state index in [1.165, 1.54) is 7.11 Å². The van der Waals surface area contributed by atoms with E-state index in [1.807, 2.05) is 55.6 Å². The molecule has 32 heavy (non-hydrogen) atoms. The number of ether oxygens (including phenoxy) is 2. The van der Waals surface area contributed by atoms with Gasteiger partial charge in [0.2, 0.25) is 5.95 Å². The molecule has 3 aromatic rings. The van der Waals surface area contributed by atoms with Crippen LogP contribution in [0.3, 0.4) is 0 Å². The maximum atomic E-state index is 11.1. The number of anilines is 3. The molecule has 1 aromatic heterocycles. The van der Waals surface area contributed by atoms with Crippen LogP contribution in [0.5, 0.6) is 5.75 Å². The Balaban J connectivity index is 1.61. The second-order valence-corrected chi connectivity index (χ2v) is 7.67. The number of nitrogens with one attached hydrogen (secondary N) is 1. The van der Waals surface area contributed by atoms with Crippen LogP contribution in [-0.4, -0.2) is 43.7 Å². The van der Waals surface area contributed by atoms with E-state index >= 15 is 0 Å². The van der Waals surface area contributed by atoms with Crippen LogP contribution in [0.2, 0.25) is 0 Å². The summed E-state index contributed by atoms with van der Waals surface area (Å²) in [6.07, 6.45) is 5.65. The van der Waals surface area contributed by atoms with E-state index < -0.39 is 0 Å². The maximum absolute atomic E-state index is 11.1. The number of para-hydroxylation sites is 1. The van der Waals surface area contributed by atoms with Crippen molar-refractivity contribution in [1.82, 2.24) is 9.97 Å². The first-order valence-corrected chi connectivity index (χ1v) is 11.1. The second-order valence-electron chi connectivity index (χ2n) is 7.67. The Morgan fingerprint density at radius 2 is 1.66 bits per heavy atom. The van der Waals surface area contributed by atoms with Gasteiger partial charge in [0.25, 0.3) is 0 Å². The fourth-order valence-electron chi connectivity index (χ4n) is 3.55. The van der Waals surface area contributed by atoms with Crippen LogP contribution in [0.15, 0.2) is 48.5 Å². The first-order chi connectivity index (χ1) is 15.6. The van der Waals surface area contributed by atoms with Gasteiger partial charge >= 0.3 is 5.97 Å². The number of unbranched alkanes of at least 4 members (excludes halogenated alkanes) is 4. The number of benzene rings is 2. The maximum Gasteiger partial charge on any atom is 0.305 e. The van der Waals surface area contributed by atoms with E-state index in [-0.39, 0.29) is 5.97 Å². The van der Waals surface area contributed by atoms with Crippen molar-refractivity contribution in [1.29, 1.82) is 0 Å². The molecule has 0 saturated carbocycles. The highest BCUT2D eigenvalue weighted by molar-refractivity contribution is 5.92. The Kier molecular flexibility index (Phi) is 8.66. The Morgan fingerprint density at radius 3 is 2.41 bits per heavy atom. The zero-order valence-electron chi connectivity index (χ0n) is 19.1. The molecule has 7 nitrogen and oxygen atoms in total. The quantitative estimate of drug-likeness (QED) is 0.304. The van der Waals surface area contributed by atoms with Crippen molar-refractivity contribution >= 4 is 34.3 Å². The normalized spacial score (nSPS) is 10.7. The van der Waals surface area contributed by atoms with Gasteiger partial charge in [0.1, 0.15) is 11.6 Å². The van der Waals surface area contributed by atoms with Crippen molar-refractivity contribution in [2.45, 2.75) is 38.5 Å². The van der Waals surface area contributed by atoms with Gasteiger partial charge < -0.3 is 19.7 Å². The first kappa shape index (κ1) is 23.3. The molecule has 170 valence electrons. The Morgan fingerprint density at radius 1 is 0.938 bits per heavy atom. The minimum atomic E-state index is -0.129. The summed E-state index contributed by atoms with van der Waals surface area (Å²) in [5.74, 6) is 2.17. The van der Waals surface area contributed by atoms with Gasteiger partial charge in [-0.25, -0.2) is 4.98 Å². The number of fused-ring (bicyclic) bond motifs is 1. The van der Waals surface area contributed by atoms with Gasteiger partial charge in [0.15, 0.2) is 0 Å². The summed E-state index contributed by atoms with van der Waals surface area (Å²) < 4.78 is 9.94. The molecule has 1 heterocycles. The molecule has 0 radical (unpaired) electrons. The zero-order valence-corrected chi connectivity index (χ0v) is 19.1. The Hall–Kier alpha value is -3.35. The molecule has 7 heteroatoms. The van der Waals surface area contributed by atoms with Crippen LogP contribution >= 0.6 is 0 Å². The molecule has 0 aliphatic rings. The van der Waals surface area contributed by atoms with Gasteiger partial charge in [0, 0.05) is 31.1 Å². The van der Waals surface area contributed by atoms with E-state index in [0.29, 0.717) is 12.4 Å². The van der Waals surface area contributed by atoms with Crippen molar-refractivity contribution in [2.75, 3.05) is 38.0 Å². The van der Waals surface area contributed by atoms with Gasteiger partial charge in [0.05, 0.1) is 19.7 Å². The van der Waals surface area contributed by atoms with Crippen LogP contribution in [-0.2, 0) is 9.53 Å². The minimum Gasteiger partial charge on any atom is -0.497 e. The van der Waals surface area contributed by atoms with Gasteiger partial charge in [-0.2, -0.15) is 4.98 Å². The van der Waals surface area contributed by atoms with Crippen LogP contribution in [0.1, 0.15) is 38.5 Å². The van der Waals surface area contributed by atoms with Crippen molar-refractivity contribution in [2.24, 2.45) is 0 Å². The van der Waals surface area contributed by atoms with Gasteiger partial charge in [-0.1, -0.05) is 31.4 Å². The summed E-state index contributed by atoms with van der Waals surface area (Å²) in [5, 5.41) is 4.38. The summed E-state index contributed by atoms with van der Waals surface area (Å²) in [6.45, 7) is 0.807. The lowest BCUT2D eigenvalue weighted by molar-refractivity contribution is -0.140. The average Bonchev–Trinajstić information content (AvgIpc) is 2.84.